The number of aromatic nitrogens is 3. The Kier molecular flexibility index (Phi) is 4.40. The lowest BCUT2D eigenvalue weighted by Gasteiger charge is -2.09. The largest absolute Gasteiger partial charge is 0.404 e. The van der Waals surface area contributed by atoms with Gasteiger partial charge in [-0.2, -0.15) is 17.6 Å². The van der Waals surface area contributed by atoms with Crippen molar-refractivity contribution in [3.05, 3.63) is 72.7 Å². The van der Waals surface area contributed by atoms with Gasteiger partial charge in [-0.15, -0.1) is 0 Å². The molecule has 0 bridgehead atoms. The fourth-order valence-electron chi connectivity index (χ4n) is 3.10. The molecule has 4 aromatic rings. The summed E-state index contributed by atoms with van der Waals surface area (Å²) < 4.78 is 27.8. The molecule has 8 heteroatoms. The molecule has 0 aliphatic heterocycles. The first kappa shape index (κ1) is 17.9. The van der Waals surface area contributed by atoms with E-state index in [1.165, 1.54) is 12.4 Å². The Morgan fingerprint density at radius 2 is 1.93 bits per heavy atom. The summed E-state index contributed by atoms with van der Waals surface area (Å²) in [5, 5.41) is 5.58. The van der Waals surface area contributed by atoms with E-state index < -0.39 is 10.0 Å². The Morgan fingerprint density at radius 1 is 1.14 bits per heavy atom. The Bertz CT molecular complexity index is 1350. The van der Waals surface area contributed by atoms with Crippen LogP contribution < -0.4 is 5.73 Å². The van der Waals surface area contributed by atoms with Gasteiger partial charge in [-0.1, -0.05) is 36.4 Å². The summed E-state index contributed by atoms with van der Waals surface area (Å²) in [6.07, 6.45) is 6.03. The fourth-order valence-corrected chi connectivity index (χ4v) is 4.58. The van der Waals surface area contributed by atoms with Crippen LogP contribution in [0, 0.1) is 0 Å². The highest BCUT2D eigenvalue weighted by molar-refractivity contribution is 7.90. The molecule has 0 saturated heterocycles. The molecule has 0 aliphatic carbocycles. The highest BCUT2D eigenvalue weighted by atomic mass is 32.2. The lowest BCUT2D eigenvalue weighted by molar-refractivity contribution is 0.583. The van der Waals surface area contributed by atoms with Gasteiger partial charge in [0.25, 0.3) is 10.0 Å². The van der Waals surface area contributed by atoms with Gasteiger partial charge in [0, 0.05) is 42.2 Å². The van der Waals surface area contributed by atoms with Crippen LogP contribution in [0.25, 0.3) is 27.4 Å². The summed E-state index contributed by atoms with van der Waals surface area (Å²) in [6, 6.07) is 14.2. The second-order valence-electron chi connectivity index (χ2n) is 6.11. The SMILES string of the molecule is CN=CC(=CN)c1cnc2cnn(S(=O)(=O)c3cccc4ccccc34)c2c1. The quantitative estimate of drug-likeness (QED) is 0.539. The molecule has 0 fully saturated rings. The number of allylic oxidation sites excluding steroid dienone is 1. The normalized spacial score (nSPS) is 13.0. The fraction of sp³-hybridized carbons (Fsp3) is 0.0500. The topological polar surface area (TPSA) is 103 Å². The molecule has 2 aromatic carbocycles. The van der Waals surface area contributed by atoms with Crippen LogP contribution in [0.1, 0.15) is 5.56 Å². The van der Waals surface area contributed by atoms with Gasteiger partial charge >= 0.3 is 0 Å². The average Bonchev–Trinajstić information content (AvgIpc) is 3.15. The van der Waals surface area contributed by atoms with Crippen LogP contribution in [0.5, 0.6) is 0 Å². The van der Waals surface area contributed by atoms with Gasteiger partial charge in [0.1, 0.15) is 11.0 Å². The molecule has 2 N–H and O–H groups in total. The van der Waals surface area contributed by atoms with E-state index in [0.717, 1.165) is 9.47 Å². The molecule has 0 aliphatic rings. The van der Waals surface area contributed by atoms with Gasteiger partial charge in [-0.25, -0.2) is 0 Å². The molecule has 0 unspecified atom stereocenters. The van der Waals surface area contributed by atoms with Crippen molar-refractivity contribution in [2.75, 3.05) is 7.05 Å². The molecular formula is C20H17N5O2S. The van der Waals surface area contributed by atoms with Crippen LogP contribution in [0.15, 0.2) is 77.0 Å². The van der Waals surface area contributed by atoms with Crippen LogP contribution >= 0.6 is 0 Å². The highest BCUT2D eigenvalue weighted by Gasteiger charge is 2.23. The number of aliphatic imine (C=N–C) groups is 1. The van der Waals surface area contributed by atoms with Crippen LogP contribution in [-0.4, -0.2) is 35.8 Å². The number of pyridine rings is 1. The zero-order chi connectivity index (χ0) is 19.7. The lowest BCUT2D eigenvalue weighted by atomic mass is 10.1. The van der Waals surface area contributed by atoms with Gasteiger partial charge in [-0.3, -0.25) is 9.98 Å². The molecule has 0 saturated carbocycles. The Hall–Kier alpha value is -3.52. The van der Waals surface area contributed by atoms with Crippen LogP contribution in [0.4, 0.5) is 0 Å². The molecule has 0 atom stereocenters. The second-order valence-corrected chi connectivity index (χ2v) is 7.84. The second kappa shape index (κ2) is 6.90. The van der Waals surface area contributed by atoms with E-state index in [9.17, 15) is 8.42 Å². The first-order valence-electron chi connectivity index (χ1n) is 8.48. The first-order chi connectivity index (χ1) is 13.6. The molecule has 0 amide bonds. The van der Waals surface area contributed by atoms with Crippen molar-refractivity contribution >= 4 is 43.6 Å². The van der Waals surface area contributed by atoms with Crippen molar-refractivity contribution in [1.29, 1.82) is 0 Å². The Morgan fingerprint density at radius 3 is 2.71 bits per heavy atom. The van der Waals surface area contributed by atoms with Crippen molar-refractivity contribution in [1.82, 2.24) is 14.2 Å². The summed E-state index contributed by atoms with van der Waals surface area (Å²) in [4.78, 5) is 8.46. The number of nitrogens with zero attached hydrogens (tertiary/aromatic N) is 4. The number of benzene rings is 2. The smallest absolute Gasteiger partial charge is 0.284 e. The predicted molar refractivity (Wildman–Crippen MR) is 111 cm³/mol. The highest BCUT2D eigenvalue weighted by Crippen LogP contribution is 2.27. The summed E-state index contributed by atoms with van der Waals surface area (Å²) in [5.74, 6) is 0. The summed E-state index contributed by atoms with van der Waals surface area (Å²) in [5.41, 5.74) is 7.79. The van der Waals surface area contributed by atoms with Gasteiger partial charge < -0.3 is 5.73 Å². The van der Waals surface area contributed by atoms with Crippen molar-refractivity contribution in [2.45, 2.75) is 4.90 Å². The Balaban J connectivity index is 1.95. The van der Waals surface area contributed by atoms with E-state index in [-0.39, 0.29) is 4.90 Å². The maximum Gasteiger partial charge on any atom is 0.284 e. The lowest BCUT2D eigenvalue weighted by Crippen LogP contribution is -2.15. The van der Waals surface area contributed by atoms with E-state index in [1.54, 1.807) is 43.7 Å². The summed E-state index contributed by atoms with van der Waals surface area (Å²) in [7, 11) is -2.30. The van der Waals surface area contributed by atoms with E-state index in [1.807, 2.05) is 24.3 Å². The maximum absolute atomic E-state index is 13.4. The Labute approximate surface area is 161 Å². The van der Waals surface area contributed by atoms with Crippen molar-refractivity contribution in [3.8, 4) is 0 Å². The minimum Gasteiger partial charge on any atom is -0.404 e. The van der Waals surface area contributed by atoms with Crippen LogP contribution in [0.2, 0.25) is 0 Å². The molecule has 2 aromatic heterocycles. The van der Waals surface area contributed by atoms with Crippen molar-refractivity contribution in [3.63, 3.8) is 0 Å². The molecule has 7 nitrogen and oxygen atoms in total. The average molecular weight is 391 g/mol. The first-order valence-corrected chi connectivity index (χ1v) is 9.92. The molecular weight excluding hydrogens is 374 g/mol. The van der Waals surface area contributed by atoms with Crippen molar-refractivity contribution < 1.29 is 8.42 Å². The van der Waals surface area contributed by atoms with Gasteiger partial charge in [0.05, 0.1) is 11.1 Å². The minimum absolute atomic E-state index is 0.186. The van der Waals surface area contributed by atoms with Crippen LogP contribution in [0.3, 0.4) is 0 Å². The number of hydrogen-bond acceptors (Lipinski definition) is 6. The van der Waals surface area contributed by atoms with Crippen LogP contribution in [-0.2, 0) is 10.0 Å². The summed E-state index contributed by atoms with van der Waals surface area (Å²) >= 11 is 0. The predicted octanol–water partition coefficient (Wildman–Crippen LogP) is 2.82. The standard InChI is InChI=1S/C20H17N5O2S/c1-22-11-16(10-21)15-9-19-18(23-12-15)13-24-25(19)28(26,27)20-8-4-6-14-5-2-3-7-17(14)20/h2-13H,21H2,1H3. The minimum atomic E-state index is -3.93. The number of fused-ring (bicyclic) bond motifs is 2. The van der Waals surface area contributed by atoms with Gasteiger partial charge in [-0.05, 0) is 17.5 Å². The molecule has 140 valence electrons. The molecule has 0 radical (unpaired) electrons. The number of nitrogens with two attached hydrogens (primary N) is 1. The van der Waals surface area contributed by atoms with E-state index in [0.29, 0.717) is 27.6 Å². The zero-order valence-corrected chi connectivity index (χ0v) is 15.8. The third-order valence-electron chi connectivity index (χ3n) is 4.42. The maximum atomic E-state index is 13.4. The zero-order valence-electron chi connectivity index (χ0n) is 15.0. The van der Waals surface area contributed by atoms with E-state index in [4.69, 9.17) is 5.73 Å². The third-order valence-corrected chi connectivity index (χ3v) is 6.08. The van der Waals surface area contributed by atoms with Gasteiger partial charge in [0.2, 0.25) is 0 Å². The van der Waals surface area contributed by atoms with E-state index in [2.05, 4.69) is 15.1 Å². The van der Waals surface area contributed by atoms with E-state index >= 15 is 0 Å². The third kappa shape index (κ3) is 2.84. The molecule has 28 heavy (non-hydrogen) atoms. The molecule has 0 spiro atoms. The molecule has 2 heterocycles. The number of rotatable bonds is 4. The summed E-state index contributed by atoms with van der Waals surface area (Å²) in [6.45, 7) is 0. The van der Waals surface area contributed by atoms with Gasteiger partial charge in [0.15, 0.2) is 0 Å². The number of hydrogen-bond donors (Lipinski definition) is 1. The monoisotopic (exact) mass is 391 g/mol. The van der Waals surface area contributed by atoms with Crippen molar-refractivity contribution in [2.24, 2.45) is 10.7 Å². The molecule has 4 rings (SSSR count).